The van der Waals surface area contributed by atoms with Crippen molar-refractivity contribution in [3.63, 3.8) is 0 Å². The maximum atomic E-state index is 13.2. The highest BCUT2D eigenvalue weighted by molar-refractivity contribution is 14.2. The van der Waals surface area contributed by atoms with Crippen LogP contribution in [-0.2, 0) is 17.7 Å². The Morgan fingerprint density at radius 1 is 1.43 bits per heavy atom. The van der Waals surface area contributed by atoms with Crippen LogP contribution in [0.25, 0.3) is 0 Å². The van der Waals surface area contributed by atoms with Gasteiger partial charge in [0.1, 0.15) is 0 Å². The van der Waals surface area contributed by atoms with Crippen LogP contribution in [0.2, 0.25) is 0 Å². The first kappa shape index (κ1) is 20.0. The van der Waals surface area contributed by atoms with E-state index in [1.54, 1.807) is 12.1 Å². The zero-order chi connectivity index (χ0) is 17.5. The molecule has 1 rings (SSSR count). The lowest BCUT2D eigenvalue weighted by molar-refractivity contribution is -0.182. The molecule has 1 heterocycles. The monoisotopic (exact) mass is 462 g/mol. The number of hydrogen-bond donors (Lipinski definition) is 0. The van der Waals surface area contributed by atoms with E-state index in [0.717, 1.165) is 0 Å². The Bertz CT molecular complexity index is 582. The van der Waals surface area contributed by atoms with E-state index >= 15 is 0 Å². The Labute approximate surface area is 145 Å². The van der Waals surface area contributed by atoms with Crippen LogP contribution >= 0.6 is 21.2 Å². The van der Waals surface area contributed by atoms with Gasteiger partial charge in [-0.3, -0.25) is 9.78 Å². The summed E-state index contributed by atoms with van der Waals surface area (Å²) in [6, 6.07) is 4.66. The molecule has 0 saturated carbocycles. The van der Waals surface area contributed by atoms with Crippen molar-refractivity contribution < 1.29 is 26.9 Å². The molecule has 1 aromatic rings. The summed E-state index contributed by atoms with van der Waals surface area (Å²) < 4.78 is 59.1. The molecule has 0 aliphatic rings. The Balaban J connectivity index is 3.05. The van der Waals surface area contributed by atoms with Gasteiger partial charge in [0.25, 0.3) is 0 Å². The molecular weight excluding hydrogens is 448 g/mol. The molecule has 0 bridgehead atoms. The second kappa shape index (κ2) is 9.30. The van der Waals surface area contributed by atoms with E-state index in [2.05, 4.69) is 14.1 Å². The van der Waals surface area contributed by atoms with Crippen LogP contribution in [0.3, 0.4) is 0 Å². The molecule has 2 atom stereocenters. The third-order valence-electron chi connectivity index (χ3n) is 2.76. The Kier molecular flexibility index (Phi) is 8.09. The van der Waals surface area contributed by atoms with Crippen LogP contribution in [0, 0.1) is 5.92 Å². The van der Waals surface area contributed by atoms with E-state index in [-0.39, 0.29) is 18.0 Å². The molecule has 128 valence electrons. The van der Waals surface area contributed by atoms with Crippen molar-refractivity contribution in [2.75, 3.05) is 6.61 Å². The molecule has 0 aliphatic carbocycles. The Hall–Kier alpha value is -1.04. The van der Waals surface area contributed by atoms with Crippen molar-refractivity contribution in [2.45, 2.75) is 25.9 Å². The lowest BCUT2D eigenvalue weighted by Crippen LogP contribution is -2.29. The summed E-state index contributed by atoms with van der Waals surface area (Å²) in [5.74, 6) is -2.92. The van der Waals surface area contributed by atoms with Crippen molar-refractivity contribution >= 4 is 41.0 Å². The molecule has 10 heteroatoms. The fourth-order valence-corrected chi connectivity index (χ4v) is 2.82. The van der Waals surface area contributed by atoms with Crippen molar-refractivity contribution in [1.82, 2.24) is 4.98 Å². The molecule has 0 spiro atoms. The number of halogens is 4. The third kappa shape index (κ3) is 7.38. The van der Waals surface area contributed by atoms with Crippen LogP contribution in [0.5, 0.6) is 0 Å². The summed E-state index contributed by atoms with van der Waals surface area (Å²) in [6.07, 6.45) is -4.64. The van der Waals surface area contributed by atoms with Gasteiger partial charge in [0.05, 0.1) is 51.6 Å². The first-order valence-electron chi connectivity index (χ1n) is 6.53. The molecule has 0 N–H and O–H groups in total. The number of carbonyl (C=O) groups is 1. The molecule has 5 nitrogen and oxygen atoms in total. The smallest absolute Gasteiger partial charge is 0.392 e. The zero-order valence-electron chi connectivity index (χ0n) is 12.0. The Morgan fingerprint density at radius 2 is 2.13 bits per heavy atom. The predicted molar refractivity (Wildman–Crippen MR) is 88.3 cm³/mol. The highest BCUT2D eigenvalue weighted by atomic mass is 127. The lowest BCUT2D eigenvalue weighted by Gasteiger charge is -2.20. The fourth-order valence-electron chi connectivity index (χ4n) is 1.77. The molecule has 1 aromatic heterocycles. The van der Waals surface area contributed by atoms with Crippen LogP contribution in [0.15, 0.2) is 28.8 Å². The molecule has 23 heavy (non-hydrogen) atoms. The summed E-state index contributed by atoms with van der Waals surface area (Å²) in [4.78, 5) is 15.3. The minimum Gasteiger partial charge on any atom is -0.466 e. The van der Waals surface area contributed by atoms with Gasteiger partial charge < -0.3 is 4.74 Å². The number of rotatable bonds is 7. The molecule has 0 aliphatic heterocycles. The lowest BCUT2D eigenvalue weighted by atomic mass is 9.96. The van der Waals surface area contributed by atoms with Gasteiger partial charge in [-0.15, -0.1) is 0 Å². The maximum absolute atomic E-state index is 13.2. The van der Waals surface area contributed by atoms with Crippen LogP contribution in [-0.4, -0.2) is 33.7 Å². The highest BCUT2D eigenvalue weighted by Crippen LogP contribution is 2.33. The number of ether oxygens (including phenoxy) is 1. The molecule has 0 amide bonds. The average Bonchev–Trinajstić information content (AvgIpc) is 2.45. The summed E-state index contributed by atoms with van der Waals surface area (Å²) >= 11 is 1.47. The van der Waals surface area contributed by atoms with Crippen LogP contribution in [0.1, 0.15) is 25.5 Å². The summed E-state index contributed by atoms with van der Waals surface area (Å²) in [6.45, 7) is 1.52. The van der Waals surface area contributed by atoms with E-state index < -0.39 is 39.1 Å². The number of alkyl halides is 3. The summed E-state index contributed by atoms with van der Waals surface area (Å²) in [7, 11) is -1.72. The normalized spacial score (nSPS) is 15.1. The first-order chi connectivity index (χ1) is 10.7. The van der Waals surface area contributed by atoms with Gasteiger partial charge in [0.15, 0.2) is 0 Å². The summed E-state index contributed by atoms with van der Waals surface area (Å²) in [5.41, 5.74) is 0.126. The second-order valence-corrected chi connectivity index (χ2v) is 7.27. The fraction of sp³-hybridized carbons (Fsp3) is 0.462. The minimum atomic E-state index is -4.62. The van der Waals surface area contributed by atoms with Crippen molar-refractivity contribution in [2.24, 2.45) is 10.3 Å². The molecule has 0 unspecified atom stereocenters. The molecular formula is C13H14F3IN2O3S. The quantitative estimate of drug-likeness (QED) is 0.270. The van der Waals surface area contributed by atoms with E-state index in [1.165, 1.54) is 40.4 Å². The number of nitrogens with zero attached hydrogens (tertiary/aromatic N) is 2. The number of aromatic nitrogens is 1. The van der Waals surface area contributed by atoms with Gasteiger partial charge in [-0.05, 0) is 19.1 Å². The number of hydrogen-bond acceptors (Lipinski definition) is 4. The van der Waals surface area contributed by atoms with Crippen LogP contribution in [0.4, 0.5) is 13.2 Å². The van der Waals surface area contributed by atoms with Crippen LogP contribution < -0.4 is 0 Å². The van der Waals surface area contributed by atoms with E-state index in [4.69, 9.17) is 0 Å². The summed E-state index contributed by atoms with van der Waals surface area (Å²) in [5, 5.41) is 0. The van der Waals surface area contributed by atoms with Crippen molar-refractivity contribution in [3.05, 3.63) is 30.1 Å². The van der Waals surface area contributed by atoms with Crippen molar-refractivity contribution in [1.29, 1.82) is 0 Å². The van der Waals surface area contributed by atoms with Gasteiger partial charge in [-0.25, -0.2) is 4.21 Å². The first-order valence-corrected chi connectivity index (χ1v) is 10.2. The largest absolute Gasteiger partial charge is 0.466 e. The second-order valence-electron chi connectivity index (χ2n) is 4.41. The molecule has 0 aromatic carbocycles. The number of pyridine rings is 1. The number of esters is 1. The Morgan fingerprint density at radius 3 is 2.61 bits per heavy atom. The number of carbonyl (C=O) groups excluding carboxylic acids is 1. The minimum absolute atomic E-state index is 0.00235. The average molecular weight is 462 g/mol. The van der Waals surface area contributed by atoms with Gasteiger partial charge in [-0.2, -0.15) is 17.6 Å². The van der Waals surface area contributed by atoms with Gasteiger partial charge in [0.2, 0.25) is 8.16 Å². The molecule has 0 radical (unpaired) electrons. The van der Waals surface area contributed by atoms with Gasteiger partial charge in [-0.1, -0.05) is 6.07 Å². The van der Waals surface area contributed by atoms with Crippen molar-refractivity contribution in [3.8, 4) is 0 Å². The maximum Gasteiger partial charge on any atom is 0.392 e. The van der Waals surface area contributed by atoms with Gasteiger partial charge in [0, 0.05) is 12.6 Å². The molecule has 0 fully saturated rings. The highest BCUT2D eigenvalue weighted by Gasteiger charge is 2.42. The van der Waals surface area contributed by atoms with Gasteiger partial charge >= 0.3 is 12.1 Å². The van der Waals surface area contributed by atoms with E-state index in [0.29, 0.717) is 0 Å². The standard InChI is InChI=1S/C13H14F3IN2O3S/c1-2-22-12(20)8-9(13(14,15)16)7-11(19-23(17)21)10-5-3-4-6-18-10/h3-6,9H,2,7-8H2,1H3/b19-11-/t9-,23+/m0/s1. The third-order valence-corrected chi connectivity index (χ3v) is 3.72. The molecule has 0 saturated heterocycles. The zero-order valence-corrected chi connectivity index (χ0v) is 15.0. The van der Waals surface area contributed by atoms with E-state index in [1.807, 2.05) is 0 Å². The SMILES string of the molecule is CCOC(=O)C[C@H](C/C(=N/[S@](=O)I)c1ccccn1)C(F)(F)F. The van der Waals surface area contributed by atoms with E-state index in [9.17, 15) is 22.2 Å². The topological polar surface area (TPSA) is 68.6 Å². The predicted octanol–water partition coefficient (Wildman–Crippen LogP) is 3.41.